The zero-order chi connectivity index (χ0) is 16.7. The fourth-order valence-electron chi connectivity index (χ4n) is 1.99. The highest BCUT2D eigenvalue weighted by atomic mass is 16.5. The van der Waals surface area contributed by atoms with Crippen LogP contribution >= 0.6 is 0 Å². The number of benzene rings is 1. The number of methoxy groups -OCH3 is 1. The summed E-state index contributed by atoms with van der Waals surface area (Å²) in [5.74, 6) is 0.739. The van der Waals surface area contributed by atoms with Gasteiger partial charge in [0, 0.05) is 25.4 Å². The van der Waals surface area contributed by atoms with Gasteiger partial charge in [-0.25, -0.2) is 9.97 Å². The minimum Gasteiger partial charge on any atom is -0.497 e. The smallest absolute Gasteiger partial charge is 0.192 e. The molecular formula is C17H19N3O3. The number of nitrogens with one attached hydrogen (secondary N) is 1. The average Bonchev–Trinajstić information content (AvgIpc) is 2.60. The number of aromatic nitrogens is 2. The Kier molecular flexibility index (Phi) is 5.80. The summed E-state index contributed by atoms with van der Waals surface area (Å²) < 4.78 is 5.11. The van der Waals surface area contributed by atoms with E-state index >= 15 is 0 Å². The molecular weight excluding hydrogens is 294 g/mol. The summed E-state index contributed by atoms with van der Waals surface area (Å²) >= 11 is 0. The van der Waals surface area contributed by atoms with E-state index in [0.29, 0.717) is 18.8 Å². The molecule has 6 nitrogen and oxygen atoms in total. The normalized spacial score (nSPS) is 10.2. The predicted octanol–water partition coefficient (Wildman–Crippen LogP) is 2.65. The van der Waals surface area contributed by atoms with Crippen molar-refractivity contribution in [2.24, 2.45) is 0 Å². The Bertz CT molecular complexity index is 684. The van der Waals surface area contributed by atoms with Crippen molar-refractivity contribution in [3.8, 4) is 5.75 Å². The Hall–Kier alpha value is -2.76. The molecule has 0 spiro atoms. The van der Waals surface area contributed by atoms with Crippen molar-refractivity contribution < 1.29 is 14.3 Å². The summed E-state index contributed by atoms with van der Waals surface area (Å²) in [5, 5.41) is 3.09. The number of carbonyl (C=O) groups excluding carboxylic acids is 2. The molecule has 0 saturated heterocycles. The number of rotatable bonds is 8. The van der Waals surface area contributed by atoms with Crippen LogP contribution in [0, 0.1) is 0 Å². The maximum atomic E-state index is 12.1. The average molecular weight is 313 g/mol. The maximum Gasteiger partial charge on any atom is 0.192 e. The molecule has 0 unspecified atom stereocenters. The highest BCUT2D eigenvalue weighted by Gasteiger charge is 2.16. The molecule has 0 amide bonds. The van der Waals surface area contributed by atoms with Crippen molar-refractivity contribution in [2.75, 3.05) is 12.4 Å². The summed E-state index contributed by atoms with van der Waals surface area (Å²) in [6.07, 6.45) is 3.14. The van der Waals surface area contributed by atoms with Crippen molar-refractivity contribution >= 4 is 17.4 Å². The van der Waals surface area contributed by atoms with Crippen LogP contribution in [0.3, 0.4) is 0 Å². The number of Topliss-reactive ketones (excluding diaryl/α,β-unsaturated/α-hetero) is 2. The fourth-order valence-corrected chi connectivity index (χ4v) is 1.99. The number of ether oxygens (including phenoxy) is 1. The van der Waals surface area contributed by atoms with Gasteiger partial charge in [0.2, 0.25) is 0 Å². The van der Waals surface area contributed by atoms with Crippen LogP contribution in [-0.4, -0.2) is 28.6 Å². The van der Waals surface area contributed by atoms with Crippen molar-refractivity contribution in [1.82, 2.24) is 9.97 Å². The second-order valence-electron chi connectivity index (χ2n) is 4.95. The molecule has 1 N–H and O–H groups in total. The number of nitrogens with zero attached hydrogens (tertiary/aromatic N) is 2. The number of ketones is 2. The molecule has 0 aliphatic rings. The van der Waals surface area contributed by atoms with Crippen LogP contribution in [0.25, 0.3) is 0 Å². The van der Waals surface area contributed by atoms with E-state index in [-0.39, 0.29) is 23.7 Å². The third kappa shape index (κ3) is 4.60. The molecule has 1 heterocycles. The number of hydrogen-bond acceptors (Lipinski definition) is 6. The van der Waals surface area contributed by atoms with Gasteiger partial charge in [-0.3, -0.25) is 9.59 Å². The van der Waals surface area contributed by atoms with Crippen molar-refractivity contribution in [3.63, 3.8) is 0 Å². The Labute approximate surface area is 134 Å². The van der Waals surface area contributed by atoms with E-state index in [2.05, 4.69) is 15.3 Å². The number of carbonyl (C=O) groups is 2. The van der Waals surface area contributed by atoms with Gasteiger partial charge in [0.05, 0.1) is 13.5 Å². The van der Waals surface area contributed by atoms with Crippen molar-refractivity contribution in [1.29, 1.82) is 0 Å². The van der Waals surface area contributed by atoms with Crippen LogP contribution in [0.1, 0.15) is 35.8 Å². The molecule has 6 heteroatoms. The molecule has 0 aliphatic heterocycles. The summed E-state index contributed by atoms with van der Waals surface area (Å²) in [6.45, 7) is 2.22. The molecule has 0 saturated carbocycles. The van der Waals surface area contributed by atoms with E-state index in [1.165, 1.54) is 12.4 Å². The summed E-state index contributed by atoms with van der Waals surface area (Å²) in [5.41, 5.74) is 1.21. The van der Waals surface area contributed by atoms with Gasteiger partial charge in [0.25, 0.3) is 0 Å². The first-order valence-electron chi connectivity index (χ1n) is 7.36. The van der Waals surface area contributed by atoms with E-state index in [9.17, 15) is 9.59 Å². The molecule has 0 atom stereocenters. The highest BCUT2D eigenvalue weighted by molar-refractivity contribution is 6.09. The predicted molar refractivity (Wildman–Crippen MR) is 86.6 cm³/mol. The Morgan fingerprint density at radius 1 is 1.13 bits per heavy atom. The zero-order valence-electron chi connectivity index (χ0n) is 13.2. The van der Waals surface area contributed by atoms with Crippen LogP contribution in [0.4, 0.5) is 5.82 Å². The lowest BCUT2D eigenvalue weighted by molar-refractivity contribution is -0.117. The highest BCUT2D eigenvalue weighted by Crippen LogP contribution is 2.15. The number of anilines is 1. The molecule has 0 bridgehead atoms. The van der Waals surface area contributed by atoms with Crippen LogP contribution in [0.5, 0.6) is 5.75 Å². The van der Waals surface area contributed by atoms with Crippen LogP contribution in [-0.2, 0) is 11.3 Å². The van der Waals surface area contributed by atoms with Gasteiger partial charge in [-0.2, -0.15) is 0 Å². The van der Waals surface area contributed by atoms with Gasteiger partial charge in [0.1, 0.15) is 17.2 Å². The maximum absolute atomic E-state index is 12.1. The fraction of sp³-hybridized carbons (Fsp3) is 0.294. The topological polar surface area (TPSA) is 81.2 Å². The molecule has 0 radical (unpaired) electrons. The van der Waals surface area contributed by atoms with E-state index in [1.807, 2.05) is 24.3 Å². The van der Waals surface area contributed by atoms with Gasteiger partial charge in [-0.15, -0.1) is 0 Å². The lowest BCUT2D eigenvalue weighted by atomic mass is 10.1. The van der Waals surface area contributed by atoms with E-state index in [1.54, 1.807) is 14.0 Å². The Balaban J connectivity index is 2.07. The van der Waals surface area contributed by atoms with Gasteiger partial charge in [-0.1, -0.05) is 19.1 Å². The zero-order valence-corrected chi connectivity index (χ0v) is 13.2. The van der Waals surface area contributed by atoms with Gasteiger partial charge in [0.15, 0.2) is 11.6 Å². The monoisotopic (exact) mass is 313 g/mol. The Morgan fingerprint density at radius 3 is 2.48 bits per heavy atom. The third-order valence-electron chi connectivity index (χ3n) is 3.33. The molecule has 0 fully saturated rings. The largest absolute Gasteiger partial charge is 0.497 e. The standard InChI is InChI=1S/C17H19N3O3/c1-3-13(21)10-15(22)16-17(19-9-8-18-16)20-11-12-4-6-14(23-2)7-5-12/h4-9H,3,10-11H2,1-2H3,(H,19,20). The van der Waals surface area contributed by atoms with Crippen LogP contribution in [0.15, 0.2) is 36.7 Å². The van der Waals surface area contributed by atoms with Gasteiger partial charge >= 0.3 is 0 Å². The SMILES string of the molecule is CCC(=O)CC(=O)c1nccnc1NCc1ccc(OC)cc1. The lowest BCUT2D eigenvalue weighted by Gasteiger charge is -2.09. The second-order valence-corrected chi connectivity index (χ2v) is 4.95. The summed E-state index contributed by atoms with van der Waals surface area (Å²) in [6, 6.07) is 7.56. The molecule has 0 aliphatic carbocycles. The second kappa shape index (κ2) is 8.03. The first kappa shape index (κ1) is 16.6. The molecule has 2 rings (SSSR count). The van der Waals surface area contributed by atoms with Crippen molar-refractivity contribution in [2.45, 2.75) is 26.3 Å². The minimum absolute atomic E-state index is 0.109. The van der Waals surface area contributed by atoms with E-state index in [4.69, 9.17) is 4.74 Å². The third-order valence-corrected chi connectivity index (χ3v) is 3.33. The first-order valence-corrected chi connectivity index (χ1v) is 7.36. The van der Waals surface area contributed by atoms with E-state index < -0.39 is 0 Å². The molecule has 120 valence electrons. The molecule has 1 aromatic carbocycles. The lowest BCUT2D eigenvalue weighted by Crippen LogP contribution is -2.13. The van der Waals surface area contributed by atoms with Crippen LogP contribution in [0.2, 0.25) is 0 Å². The van der Waals surface area contributed by atoms with E-state index in [0.717, 1.165) is 11.3 Å². The summed E-state index contributed by atoms with van der Waals surface area (Å²) in [7, 11) is 1.61. The van der Waals surface area contributed by atoms with Gasteiger partial charge in [-0.05, 0) is 17.7 Å². The van der Waals surface area contributed by atoms with Crippen molar-refractivity contribution in [3.05, 3.63) is 47.9 Å². The molecule has 1 aromatic heterocycles. The Morgan fingerprint density at radius 2 is 1.83 bits per heavy atom. The summed E-state index contributed by atoms with van der Waals surface area (Å²) in [4.78, 5) is 31.8. The quantitative estimate of drug-likeness (QED) is 0.596. The molecule has 2 aromatic rings. The number of hydrogen-bond donors (Lipinski definition) is 1. The minimum atomic E-state index is -0.317. The van der Waals surface area contributed by atoms with Crippen LogP contribution < -0.4 is 10.1 Å². The first-order chi connectivity index (χ1) is 11.1. The molecule has 23 heavy (non-hydrogen) atoms. The van der Waals surface area contributed by atoms with Gasteiger partial charge < -0.3 is 10.1 Å².